The number of methoxy groups -OCH3 is 1. The molecule has 3 amide bonds. The summed E-state index contributed by atoms with van der Waals surface area (Å²) in [5, 5.41) is 0.836. The zero-order valence-corrected chi connectivity index (χ0v) is 16.6. The average Bonchev–Trinajstić information content (AvgIpc) is 3.32. The number of amides is 3. The van der Waals surface area contributed by atoms with Crippen LogP contribution in [0.3, 0.4) is 0 Å². The number of carbonyl (C=O) groups is 3. The number of hydrogen-bond donors (Lipinski definition) is 2. The third-order valence-corrected chi connectivity index (χ3v) is 5.22. The van der Waals surface area contributed by atoms with Crippen LogP contribution >= 0.6 is 0 Å². The summed E-state index contributed by atoms with van der Waals surface area (Å²) in [4.78, 5) is 39.0. The van der Waals surface area contributed by atoms with Crippen molar-refractivity contribution >= 4 is 34.4 Å². The number of hydrazine groups is 1. The lowest BCUT2D eigenvalue weighted by Crippen LogP contribution is -2.45. The van der Waals surface area contributed by atoms with Crippen LogP contribution in [0.4, 0.5) is 5.69 Å². The molecular formula is C22H21N3O5. The minimum atomic E-state index is -0.598. The smallest absolute Gasteiger partial charge is 0.305 e. The Balaban J connectivity index is 1.41. The Bertz CT molecular complexity index is 1140. The summed E-state index contributed by atoms with van der Waals surface area (Å²) in [6.07, 6.45) is 0.0451. The van der Waals surface area contributed by atoms with Gasteiger partial charge in [-0.2, -0.15) is 0 Å². The van der Waals surface area contributed by atoms with Crippen LogP contribution in [-0.2, 0) is 9.59 Å². The van der Waals surface area contributed by atoms with Gasteiger partial charge in [0.15, 0.2) is 5.76 Å². The molecule has 8 nitrogen and oxygen atoms in total. The van der Waals surface area contributed by atoms with Crippen LogP contribution in [0.25, 0.3) is 11.0 Å². The molecule has 0 aliphatic carbocycles. The van der Waals surface area contributed by atoms with Gasteiger partial charge >= 0.3 is 5.91 Å². The zero-order chi connectivity index (χ0) is 21.3. The lowest BCUT2D eigenvalue weighted by Gasteiger charge is -2.19. The molecule has 1 unspecified atom stereocenters. The van der Waals surface area contributed by atoms with E-state index >= 15 is 0 Å². The molecule has 0 spiro atoms. The SMILES string of the molecule is COc1ccccc1N1CC(C(=O)NNC(=O)c2oc3ccccc3c2C)CC1=O. The Morgan fingerprint density at radius 1 is 1.10 bits per heavy atom. The van der Waals surface area contributed by atoms with Gasteiger partial charge in [-0.3, -0.25) is 25.2 Å². The number of hydrogen-bond acceptors (Lipinski definition) is 5. The van der Waals surface area contributed by atoms with E-state index in [2.05, 4.69) is 10.9 Å². The molecule has 1 aliphatic heterocycles. The Kier molecular flexibility index (Phi) is 5.14. The highest BCUT2D eigenvalue weighted by Gasteiger charge is 2.36. The van der Waals surface area contributed by atoms with Crippen molar-refractivity contribution in [3.05, 3.63) is 59.9 Å². The maximum atomic E-state index is 12.5. The predicted molar refractivity (Wildman–Crippen MR) is 110 cm³/mol. The van der Waals surface area contributed by atoms with E-state index < -0.39 is 17.7 Å². The summed E-state index contributed by atoms with van der Waals surface area (Å²) in [5.41, 5.74) is 6.69. The van der Waals surface area contributed by atoms with Gasteiger partial charge < -0.3 is 14.1 Å². The van der Waals surface area contributed by atoms with E-state index in [0.717, 1.165) is 5.39 Å². The van der Waals surface area contributed by atoms with E-state index in [1.165, 1.54) is 12.0 Å². The molecular weight excluding hydrogens is 386 g/mol. The van der Waals surface area contributed by atoms with Crippen LogP contribution in [0.1, 0.15) is 22.5 Å². The van der Waals surface area contributed by atoms with Crippen LogP contribution in [0.2, 0.25) is 0 Å². The van der Waals surface area contributed by atoms with Crippen molar-refractivity contribution in [1.29, 1.82) is 0 Å². The number of nitrogens with one attached hydrogen (secondary N) is 2. The molecule has 0 saturated carbocycles. The highest BCUT2D eigenvalue weighted by atomic mass is 16.5. The quantitative estimate of drug-likeness (QED) is 0.648. The first-order valence-electron chi connectivity index (χ1n) is 9.51. The van der Waals surface area contributed by atoms with E-state index in [1.54, 1.807) is 31.2 Å². The first-order valence-corrected chi connectivity index (χ1v) is 9.51. The maximum absolute atomic E-state index is 12.5. The number of carbonyl (C=O) groups excluding carboxylic acids is 3. The summed E-state index contributed by atoms with van der Waals surface area (Å²) < 4.78 is 10.9. The van der Waals surface area contributed by atoms with Crippen LogP contribution in [0.5, 0.6) is 5.75 Å². The van der Waals surface area contributed by atoms with Gasteiger partial charge in [-0.25, -0.2) is 0 Å². The fourth-order valence-corrected chi connectivity index (χ4v) is 3.64. The molecule has 1 saturated heterocycles. The summed E-state index contributed by atoms with van der Waals surface area (Å²) in [5.74, 6) is -1.08. The normalized spacial score (nSPS) is 16.0. The Morgan fingerprint density at radius 3 is 2.60 bits per heavy atom. The fraction of sp³-hybridized carbons (Fsp3) is 0.227. The van der Waals surface area contributed by atoms with Crippen molar-refractivity contribution in [3.8, 4) is 5.75 Å². The van der Waals surface area contributed by atoms with Crippen molar-refractivity contribution in [2.45, 2.75) is 13.3 Å². The number of benzene rings is 2. The summed E-state index contributed by atoms with van der Waals surface area (Å²) in [6, 6.07) is 14.4. The summed E-state index contributed by atoms with van der Waals surface area (Å²) in [6.45, 7) is 1.98. The van der Waals surface area contributed by atoms with Gasteiger partial charge in [-0.15, -0.1) is 0 Å². The molecule has 0 bridgehead atoms. The monoisotopic (exact) mass is 407 g/mol. The molecule has 4 rings (SSSR count). The zero-order valence-electron chi connectivity index (χ0n) is 16.6. The molecule has 2 aromatic carbocycles. The minimum absolute atomic E-state index is 0.0451. The molecule has 154 valence electrons. The number of para-hydroxylation sites is 3. The van der Waals surface area contributed by atoms with E-state index in [9.17, 15) is 14.4 Å². The van der Waals surface area contributed by atoms with Gasteiger partial charge in [0.05, 0.1) is 18.7 Å². The highest BCUT2D eigenvalue weighted by Crippen LogP contribution is 2.32. The van der Waals surface area contributed by atoms with Crippen LogP contribution in [0, 0.1) is 12.8 Å². The third kappa shape index (κ3) is 3.47. The number of aryl methyl sites for hydroxylation is 1. The average molecular weight is 407 g/mol. The van der Waals surface area contributed by atoms with Gasteiger partial charge in [0.2, 0.25) is 11.8 Å². The molecule has 30 heavy (non-hydrogen) atoms. The first-order chi connectivity index (χ1) is 14.5. The van der Waals surface area contributed by atoms with Crippen LogP contribution < -0.4 is 20.5 Å². The minimum Gasteiger partial charge on any atom is -0.495 e. The third-order valence-electron chi connectivity index (χ3n) is 5.22. The Morgan fingerprint density at radius 2 is 1.83 bits per heavy atom. The van der Waals surface area contributed by atoms with Crippen molar-refractivity contribution in [1.82, 2.24) is 10.9 Å². The van der Waals surface area contributed by atoms with Gasteiger partial charge in [0.25, 0.3) is 0 Å². The molecule has 0 radical (unpaired) electrons. The van der Waals surface area contributed by atoms with Gasteiger partial charge in [0, 0.05) is 23.9 Å². The second-order valence-electron chi connectivity index (χ2n) is 7.07. The molecule has 2 heterocycles. The lowest BCUT2D eigenvalue weighted by molar-refractivity contribution is -0.126. The molecule has 8 heteroatoms. The molecule has 1 atom stereocenters. The molecule has 2 N–H and O–H groups in total. The Hall–Kier alpha value is -3.81. The van der Waals surface area contributed by atoms with E-state index in [-0.39, 0.29) is 24.6 Å². The number of furan rings is 1. The summed E-state index contributed by atoms with van der Waals surface area (Å²) in [7, 11) is 1.53. The second kappa shape index (κ2) is 7.90. The molecule has 1 aliphatic rings. The van der Waals surface area contributed by atoms with Crippen LogP contribution in [-0.4, -0.2) is 31.4 Å². The fourth-order valence-electron chi connectivity index (χ4n) is 3.64. The largest absolute Gasteiger partial charge is 0.495 e. The van der Waals surface area contributed by atoms with Crippen molar-refractivity contribution < 1.29 is 23.5 Å². The Labute approximate surface area is 172 Å². The molecule has 1 fully saturated rings. The number of ether oxygens (including phenoxy) is 1. The second-order valence-corrected chi connectivity index (χ2v) is 7.07. The van der Waals surface area contributed by atoms with E-state index in [4.69, 9.17) is 9.15 Å². The highest BCUT2D eigenvalue weighted by molar-refractivity contribution is 6.02. The van der Waals surface area contributed by atoms with Crippen LogP contribution in [0.15, 0.2) is 52.9 Å². The molecule has 3 aromatic rings. The van der Waals surface area contributed by atoms with Crippen molar-refractivity contribution in [2.24, 2.45) is 5.92 Å². The van der Waals surface area contributed by atoms with Crippen molar-refractivity contribution in [3.63, 3.8) is 0 Å². The molecule has 1 aromatic heterocycles. The summed E-state index contributed by atoms with van der Waals surface area (Å²) >= 11 is 0. The number of rotatable bonds is 4. The lowest BCUT2D eigenvalue weighted by atomic mass is 10.1. The number of nitrogens with zero attached hydrogens (tertiary/aromatic N) is 1. The number of anilines is 1. The predicted octanol–water partition coefficient (Wildman–Crippen LogP) is 2.56. The van der Waals surface area contributed by atoms with Gasteiger partial charge in [-0.1, -0.05) is 30.3 Å². The van der Waals surface area contributed by atoms with Crippen molar-refractivity contribution in [2.75, 3.05) is 18.6 Å². The van der Waals surface area contributed by atoms with Gasteiger partial charge in [-0.05, 0) is 25.1 Å². The number of fused-ring (bicyclic) bond motifs is 1. The van der Waals surface area contributed by atoms with E-state index in [0.29, 0.717) is 22.6 Å². The van der Waals surface area contributed by atoms with E-state index in [1.807, 2.05) is 24.3 Å². The maximum Gasteiger partial charge on any atom is 0.305 e. The topological polar surface area (TPSA) is 101 Å². The standard InChI is InChI=1S/C22H21N3O5/c1-13-15-7-3-5-9-17(15)30-20(13)22(28)24-23-21(27)14-11-19(26)25(12-14)16-8-4-6-10-18(16)29-2/h3-10,14H,11-12H2,1-2H3,(H,23,27)(H,24,28). The van der Waals surface area contributed by atoms with Gasteiger partial charge in [0.1, 0.15) is 11.3 Å². The first kappa shape index (κ1) is 19.5.